The van der Waals surface area contributed by atoms with Crippen molar-refractivity contribution in [3.63, 3.8) is 0 Å². The molecule has 1 aromatic heterocycles. The van der Waals surface area contributed by atoms with Crippen LogP contribution < -0.4 is 4.72 Å². The fourth-order valence-corrected chi connectivity index (χ4v) is 4.63. The van der Waals surface area contributed by atoms with Crippen molar-refractivity contribution in [1.29, 1.82) is 0 Å². The van der Waals surface area contributed by atoms with E-state index in [9.17, 15) is 36.4 Å². The van der Waals surface area contributed by atoms with Crippen molar-refractivity contribution in [1.82, 2.24) is 19.5 Å². The highest BCUT2D eigenvalue weighted by Gasteiger charge is 2.35. The van der Waals surface area contributed by atoms with Crippen molar-refractivity contribution in [3.05, 3.63) is 71.1 Å². The highest BCUT2D eigenvalue weighted by Crippen LogP contribution is 2.33. The molecule has 0 fully saturated rings. The molecule has 0 spiro atoms. The van der Waals surface area contributed by atoms with Crippen LogP contribution in [0.4, 0.5) is 13.2 Å². The minimum atomic E-state index is -4.72. The van der Waals surface area contributed by atoms with Crippen molar-refractivity contribution in [2.45, 2.75) is 58.7 Å². The van der Waals surface area contributed by atoms with E-state index >= 15 is 0 Å². The van der Waals surface area contributed by atoms with Gasteiger partial charge in [-0.1, -0.05) is 29.8 Å². The van der Waals surface area contributed by atoms with Crippen LogP contribution in [0, 0.1) is 17.5 Å². The lowest BCUT2D eigenvalue weighted by Crippen LogP contribution is -2.45. The molecule has 3 rings (SSSR count). The molecule has 45 heavy (non-hydrogen) atoms. The van der Waals surface area contributed by atoms with Crippen molar-refractivity contribution in [2.75, 3.05) is 13.3 Å². The third-order valence-corrected chi connectivity index (χ3v) is 7.48. The molecule has 0 aliphatic carbocycles. The Kier molecular flexibility index (Phi) is 10.5. The third-order valence-electron chi connectivity index (χ3n) is 6.09. The van der Waals surface area contributed by atoms with Crippen LogP contribution in [0.3, 0.4) is 0 Å². The molecule has 13 nitrogen and oxygen atoms in total. The summed E-state index contributed by atoms with van der Waals surface area (Å²) in [6, 6.07) is 11.7. The Morgan fingerprint density at radius 1 is 1.09 bits per heavy atom. The Morgan fingerprint density at radius 3 is 2.22 bits per heavy atom. The summed E-state index contributed by atoms with van der Waals surface area (Å²) < 4.78 is 74.0. The molecule has 0 aliphatic rings. The number of carbonyl (C=O) groups excluding carboxylic acids is 2. The van der Waals surface area contributed by atoms with Gasteiger partial charge in [0.25, 0.3) is 22.7 Å². The van der Waals surface area contributed by atoms with Crippen LogP contribution in [0.1, 0.15) is 45.9 Å². The highest BCUT2D eigenvalue weighted by atomic mass is 32.2. The first-order valence-corrected chi connectivity index (χ1v) is 14.9. The Bertz CT molecular complexity index is 1650. The van der Waals surface area contributed by atoms with E-state index in [2.05, 4.69) is 15.2 Å². The standard InChI is InChI=1S/C28H33F3N6O7S/c1-18(2)35(37(40)34-44-17-43-26(39)27(4,5)6)16-25(38)33-45(41,42)22-13-11-21(12-14-22)36-23(15-24(32-36)28(29,30)31)20-9-7-19(3)8-10-20/h7-15,18H,16-17H2,1-6H3,(H,33,38). The molecular formula is C28H33F3N6O7S. The average molecular weight is 655 g/mol. The van der Waals surface area contributed by atoms with Crippen LogP contribution in [0.5, 0.6) is 0 Å². The number of benzene rings is 2. The lowest BCUT2D eigenvalue weighted by atomic mass is 9.98. The lowest BCUT2D eigenvalue weighted by Gasteiger charge is -2.21. The molecule has 0 radical (unpaired) electrons. The highest BCUT2D eigenvalue weighted by molar-refractivity contribution is 7.90. The van der Waals surface area contributed by atoms with Crippen LogP contribution in [0.2, 0.25) is 0 Å². The molecule has 0 saturated heterocycles. The molecule has 3 aromatic rings. The summed E-state index contributed by atoms with van der Waals surface area (Å²) in [6.07, 6.45) is -4.72. The largest absolute Gasteiger partial charge is 0.569 e. The van der Waals surface area contributed by atoms with Gasteiger partial charge in [-0.25, -0.2) is 17.8 Å². The number of hydrogen-bond acceptors (Lipinski definition) is 9. The first-order valence-electron chi connectivity index (χ1n) is 13.4. The number of hydrazine groups is 1. The maximum Gasteiger partial charge on any atom is 0.435 e. The molecular weight excluding hydrogens is 621 g/mol. The predicted octanol–water partition coefficient (Wildman–Crippen LogP) is 4.74. The molecule has 17 heteroatoms. The zero-order valence-corrected chi connectivity index (χ0v) is 26.1. The summed E-state index contributed by atoms with van der Waals surface area (Å²) in [5.74, 6) is -1.69. The zero-order chi connectivity index (χ0) is 33.7. The quantitative estimate of drug-likeness (QED) is 0.0770. The van der Waals surface area contributed by atoms with Gasteiger partial charge in [-0.15, -0.1) is 5.01 Å². The maximum absolute atomic E-state index is 13.5. The fourth-order valence-electron chi connectivity index (χ4n) is 3.66. The normalized spacial score (nSPS) is 12.6. The Morgan fingerprint density at radius 2 is 1.69 bits per heavy atom. The third kappa shape index (κ3) is 9.17. The van der Waals surface area contributed by atoms with E-state index in [1.54, 1.807) is 45.0 Å². The van der Waals surface area contributed by atoms with Crippen LogP contribution in [-0.4, -0.2) is 59.4 Å². The second-order valence-electron chi connectivity index (χ2n) is 11.2. The summed E-state index contributed by atoms with van der Waals surface area (Å²) in [7, 11) is -4.46. The molecule has 244 valence electrons. The number of halogens is 3. The summed E-state index contributed by atoms with van der Waals surface area (Å²) in [5.41, 5.74) is -0.323. The summed E-state index contributed by atoms with van der Waals surface area (Å²) in [5, 5.41) is 20.1. The minimum Gasteiger partial charge on any atom is -0.569 e. The number of amides is 1. The van der Waals surface area contributed by atoms with Gasteiger partial charge >= 0.3 is 12.1 Å². The van der Waals surface area contributed by atoms with Crippen LogP contribution >= 0.6 is 0 Å². The number of carbonyl (C=O) groups is 2. The number of nitrogens with zero attached hydrogens (tertiary/aromatic N) is 5. The number of sulfonamides is 1. The first kappa shape index (κ1) is 34.8. The van der Waals surface area contributed by atoms with Gasteiger partial charge in [0, 0.05) is 5.56 Å². The number of nitrogens with one attached hydrogen (secondary N) is 1. The van der Waals surface area contributed by atoms with Crippen molar-refractivity contribution < 1.29 is 45.7 Å². The fraction of sp³-hybridized carbons (Fsp3) is 0.393. The minimum absolute atomic E-state index is 0.0818. The van der Waals surface area contributed by atoms with Gasteiger partial charge in [-0.2, -0.15) is 18.3 Å². The molecule has 0 atom stereocenters. The van der Waals surface area contributed by atoms with Gasteiger partial charge in [0.05, 0.1) is 32.7 Å². The van der Waals surface area contributed by atoms with Crippen LogP contribution in [-0.2, 0) is 35.4 Å². The SMILES string of the molecule is Cc1ccc(-c2cc(C(F)(F)F)nn2-c2ccc(S(=O)(=O)NC(=O)CN(C(C)C)[N+]([O-])=NOCOC(=O)C(C)(C)C)cc2)cc1. The molecule has 1 heterocycles. The molecule has 0 bridgehead atoms. The van der Waals surface area contributed by atoms with E-state index in [0.29, 0.717) is 5.56 Å². The van der Waals surface area contributed by atoms with Crippen molar-refractivity contribution in [3.8, 4) is 16.9 Å². The lowest BCUT2D eigenvalue weighted by molar-refractivity contribution is -0.715. The Hall–Kier alpha value is -4.67. The van der Waals surface area contributed by atoms with Gasteiger partial charge in [0.15, 0.2) is 12.2 Å². The van der Waals surface area contributed by atoms with Gasteiger partial charge < -0.3 is 14.8 Å². The number of aryl methyl sites for hydroxylation is 1. The van der Waals surface area contributed by atoms with Gasteiger partial charge in [-0.3, -0.25) is 9.59 Å². The average Bonchev–Trinajstić information content (AvgIpc) is 3.40. The van der Waals surface area contributed by atoms with Gasteiger partial charge in [0.1, 0.15) is 0 Å². The molecule has 1 N–H and O–H groups in total. The smallest absolute Gasteiger partial charge is 0.435 e. The number of hydrogen-bond donors (Lipinski definition) is 1. The van der Waals surface area contributed by atoms with E-state index in [4.69, 9.17) is 4.74 Å². The monoisotopic (exact) mass is 654 g/mol. The number of alkyl halides is 3. The topological polar surface area (TPSA) is 158 Å². The number of aromatic nitrogens is 2. The molecule has 2 aromatic carbocycles. The first-order chi connectivity index (χ1) is 20.8. The number of rotatable bonds is 11. The molecule has 0 saturated carbocycles. The second-order valence-corrected chi connectivity index (χ2v) is 12.8. The predicted molar refractivity (Wildman–Crippen MR) is 153 cm³/mol. The van der Waals surface area contributed by atoms with E-state index in [1.807, 2.05) is 11.6 Å². The zero-order valence-electron chi connectivity index (χ0n) is 25.3. The summed E-state index contributed by atoms with van der Waals surface area (Å²) in [6.45, 7) is 8.32. The summed E-state index contributed by atoms with van der Waals surface area (Å²) >= 11 is 0. The molecule has 0 aliphatic heterocycles. The van der Waals surface area contributed by atoms with Gasteiger partial charge in [-0.05, 0) is 71.9 Å². The molecule has 0 unspecified atom stereocenters. The van der Waals surface area contributed by atoms with Crippen LogP contribution in [0.15, 0.2) is 64.8 Å². The van der Waals surface area contributed by atoms with E-state index in [0.717, 1.165) is 33.5 Å². The maximum atomic E-state index is 13.5. The summed E-state index contributed by atoms with van der Waals surface area (Å²) in [4.78, 5) is 28.6. The van der Waals surface area contributed by atoms with E-state index in [-0.39, 0.29) is 21.2 Å². The number of ether oxygens (including phenoxy) is 1. The van der Waals surface area contributed by atoms with E-state index in [1.165, 1.54) is 26.0 Å². The van der Waals surface area contributed by atoms with Crippen molar-refractivity contribution >= 4 is 21.9 Å². The second kappa shape index (κ2) is 13.5. The van der Waals surface area contributed by atoms with Crippen molar-refractivity contribution in [2.24, 2.45) is 10.7 Å². The van der Waals surface area contributed by atoms with Crippen LogP contribution in [0.25, 0.3) is 16.9 Å². The number of esters is 1. The van der Waals surface area contributed by atoms with E-state index < -0.39 is 58.6 Å². The Balaban J connectivity index is 1.75. The Labute approximate surface area is 257 Å². The molecule has 1 amide bonds. The van der Waals surface area contributed by atoms with Gasteiger partial charge in [0.2, 0.25) is 5.28 Å².